The molecule has 0 fully saturated rings. The average Bonchev–Trinajstić information content (AvgIpc) is 2.30. The van der Waals surface area contributed by atoms with Gasteiger partial charge in [0, 0.05) is 6.20 Å². The molecule has 7 heteroatoms. The number of nitrogens with zero attached hydrogens (tertiary/aromatic N) is 1. The van der Waals surface area contributed by atoms with Crippen molar-refractivity contribution in [1.29, 1.82) is 0 Å². The summed E-state index contributed by atoms with van der Waals surface area (Å²) in [5.41, 5.74) is 5.52. The van der Waals surface area contributed by atoms with E-state index in [4.69, 9.17) is 5.73 Å². The molecule has 6 nitrogen and oxygen atoms in total. The number of hydrogen-bond donors (Lipinski definition) is 3. The lowest BCUT2D eigenvalue weighted by molar-refractivity contribution is 0.0995. The fraction of sp³-hybridized carbons (Fsp3) is 0.455. The van der Waals surface area contributed by atoms with Gasteiger partial charge in [0.1, 0.15) is 5.69 Å². The molecule has 0 atom stereocenters. The van der Waals surface area contributed by atoms with Gasteiger partial charge in [0.15, 0.2) is 0 Å². The molecule has 1 amide bonds. The Morgan fingerprint density at radius 2 is 2.00 bits per heavy atom. The number of hydrogen-bond acceptors (Lipinski definition) is 3. The highest BCUT2D eigenvalue weighted by Gasteiger charge is 2.45. The van der Waals surface area contributed by atoms with Gasteiger partial charge in [0.2, 0.25) is 0 Å². The van der Waals surface area contributed by atoms with E-state index in [1.54, 1.807) is 13.8 Å². The van der Waals surface area contributed by atoms with Gasteiger partial charge < -0.3 is 15.5 Å². The normalized spacial score (nSPS) is 12.4. The lowest BCUT2D eigenvalue weighted by Gasteiger charge is -2.32. The summed E-state index contributed by atoms with van der Waals surface area (Å²) in [6.07, 6.45) is 1.86. The van der Waals surface area contributed by atoms with E-state index in [0.717, 1.165) is 0 Å². The van der Waals surface area contributed by atoms with Crippen LogP contribution in [-0.2, 0) is 9.72 Å². The minimum absolute atomic E-state index is 0.00669. The number of aromatic nitrogens is 1. The molecule has 0 saturated heterocycles. The number of pyridine rings is 1. The van der Waals surface area contributed by atoms with Gasteiger partial charge in [-0.15, -0.1) is 0 Å². The SMILES string of the molecule is CCC(CC)(c1ccnc(C(N)=O)c1)P(=O)(O)O. The molecule has 0 aliphatic carbocycles. The molecule has 0 spiro atoms. The molecule has 100 valence electrons. The lowest BCUT2D eigenvalue weighted by Crippen LogP contribution is -2.25. The van der Waals surface area contributed by atoms with E-state index in [-0.39, 0.29) is 18.5 Å². The zero-order valence-corrected chi connectivity index (χ0v) is 11.2. The van der Waals surface area contributed by atoms with E-state index in [2.05, 4.69) is 4.98 Å². The van der Waals surface area contributed by atoms with E-state index < -0.39 is 18.7 Å². The number of nitrogens with two attached hydrogens (primary N) is 1. The molecule has 0 aliphatic rings. The van der Waals surface area contributed by atoms with Crippen molar-refractivity contribution < 1.29 is 19.1 Å². The van der Waals surface area contributed by atoms with Crippen molar-refractivity contribution in [2.75, 3.05) is 0 Å². The standard InChI is InChI=1S/C11H17N2O4P/c1-3-11(4-2,18(15,16)17)8-5-6-13-9(7-8)10(12)14/h5-7H,3-4H2,1-2H3,(H2,12,14)(H2,15,16,17). The van der Waals surface area contributed by atoms with Crippen LogP contribution in [0.2, 0.25) is 0 Å². The Morgan fingerprint density at radius 1 is 1.44 bits per heavy atom. The van der Waals surface area contributed by atoms with Gasteiger partial charge >= 0.3 is 7.60 Å². The first-order valence-corrected chi connectivity index (χ1v) is 7.21. The predicted octanol–water partition coefficient (Wildman–Crippen LogP) is 1.37. The number of carbonyl (C=O) groups is 1. The maximum absolute atomic E-state index is 11.8. The Labute approximate surface area is 105 Å². The van der Waals surface area contributed by atoms with Crippen molar-refractivity contribution in [3.8, 4) is 0 Å². The monoisotopic (exact) mass is 272 g/mol. The maximum Gasteiger partial charge on any atom is 0.335 e. The molecule has 4 N–H and O–H groups in total. The molecule has 0 bridgehead atoms. The summed E-state index contributed by atoms with van der Waals surface area (Å²) in [5.74, 6) is -0.719. The van der Waals surface area contributed by atoms with E-state index in [0.29, 0.717) is 5.56 Å². The van der Waals surface area contributed by atoms with Gasteiger partial charge in [-0.05, 0) is 30.5 Å². The molecular formula is C11H17N2O4P. The summed E-state index contributed by atoms with van der Waals surface area (Å²) in [6, 6.07) is 2.87. The van der Waals surface area contributed by atoms with Crippen molar-refractivity contribution in [3.63, 3.8) is 0 Å². The van der Waals surface area contributed by atoms with Crippen molar-refractivity contribution in [2.45, 2.75) is 31.8 Å². The van der Waals surface area contributed by atoms with Crippen LogP contribution in [0.3, 0.4) is 0 Å². The zero-order chi connectivity index (χ0) is 14.0. The van der Waals surface area contributed by atoms with Gasteiger partial charge in [0.25, 0.3) is 5.91 Å². The zero-order valence-electron chi connectivity index (χ0n) is 10.3. The molecule has 1 aromatic heterocycles. The molecule has 18 heavy (non-hydrogen) atoms. The van der Waals surface area contributed by atoms with Gasteiger partial charge in [-0.25, -0.2) is 0 Å². The summed E-state index contributed by atoms with van der Waals surface area (Å²) in [5, 5.41) is -1.29. The third kappa shape index (κ3) is 2.46. The fourth-order valence-electron chi connectivity index (χ4n) is 2.09. The summed E-state index contributed by atoms with van der Waals surface area (Å²) < 4.78 is 11.8. The topological polar surface area (TPSA) is 114 Å². The number of carbonyl (C=O) groups excluding carboxylic acids is 1. The van der Waals surface area contributed by atoms with Crippen molar-refractivity contribution >= 4 is 13.5 Å². The van der Waals surface area contributed by atoms with Crippen LogP contribution in [0.4, 0.5) is 0 Å². The van der Waals surface area contributed by atoms with Crippen LogP contribution >= 0.6 is 7.60 Å². The Kier molecular flexibility index (Phi) is 4.27. The van der Waals surface area contributed by atoms with Crippen LogP contribution in [0.5, 0.6) is 0 Å². The van der Waals surface area contributed by atoms with Gasteiger partial charge in [0.05, 0.1) is 5.16 Å². The van der Waals surface area contributed by atoms with E-state index in [1.807, 2.05) is 0 Å². The summed E-state index contributed by atoms with van der Waals surface area (Å²) in [4.78, 5) is 34.0. The van der Waals surface area contributed by atoms with E-state index >= 15 is 0 Å². The van der Waals surface area contributed by atoms with Crippen LogP contribution < -0.4 is 5.73 Å². The second-order valence-corrected chi connectivity index (χ2v) is 6.02. The second kappa shape index (κ2) is 5.18. The summed E-state index contributed by atoms with van der Waals surface area (Å²) in [7, 11) is -4.36. The highest BCUT2D eigenvalue weighted by Crippen LogP contribution is 2.60. The first-order chi connectivity index (χ1) is 8.28. The van der Waals surface area contributed by atoms with Crippen molar-refractivity contribution in [1.82, 2.24) is 4.98 Å². The average molecular weight is 272 g/mol. The maximum atomic E-state index is 11.8. The molecule has 0 aromatic carbocycles. The van der Waals surface area contributed by atoms with Crippen LogP contribution in [-0.4, -0.2) is 20.7 Å². The molecule has 1 aromatic rings. The molecule has 0 unspecified atom stereocenters. The van der Waals surface area contributed by atoms with Gasteiger partial charge in [-0.3, -0.25) is 14.3 Å². The quantitative estimate of drug-likeness (QED) is 0.700. The van der Waals surface area contributed by atoms with Crippen LogP contribution in [0.15, 0.2) is 18.3 Å². The molecule has 0 saturated carbocycles. The first kappa shape index (κ1) is 14.8. The molecule has 0 aliphatic heterocycles. The molecular weight excluding hydrogens is 255 g/mol. The highest BCUT2D eigenvalue weighted by atomic mass is 31.2. The number of amides is 1. The van der Waals surface area contributed by atoms with Crippen molar-refractivity contribution in [2.24, 2.45) is 5.73 Å². The van der Waals surface area contributed by atoms with E-state index in [1.165, 1.54) is 18.3 Å². The van der Waals surface area contributed by atoms with Gasteiger partial charge in [-0.2, -0.15) is 0 Å². The second-order valence-electron chi connectivity index (χ2n) is 4.08. The summed E-state index contributed by atoms with van der Waals surface area (Å²) >= 11 is 0. The van der Waals surface area contributed by atoms with Crippen molar-refractivity contribution in [3.05, 3.63) is 29.6 Å². The molecule has 0 radical (unpaired) electrons. The number of rotatable bonds is 5. The first-order valence-electron chi connectivity index (χ1n) is 5.60. The van der Waals surface area contributed by atoms with Gasteiger partial charge in [-0.1, -0.05) is 13.8 Å². The predicted molar refractivity (Wildman–Crippen MR) is 67.1 cm³/mol. The Bertz CT molecular complexity index is 494. The Balaban J connectivity index is 3.44. The molecule has 1 rings (SSSR count). The summed E-state index contributed by atoms with van der Waals surface area (Å²) in [6.45, 7) is 3.40. The minimum atomic E-state index is -4.36. The largest absolute Gasteiger partial charge is 0.364 e. The van der Waals surface area contributed by atoms with Crippen LogP contribution in [0, 0.1) is 0 Å². The third-order valence-corrected chi connectivity index (χ3v) is 5.28. The smallest absolute Gasteiger partial charge is 0.335 e. The fourth-order valence-corrected chi connectivity index (χ4v) is 3.39. The lowest BCUT2D eigenvalue weighted by atomic mass is 9.93. The van der Waals surface area contributed by atoms with Crippen LogP contribution in [0.25, 0.3) is 0 Å². The molecule has 1 heterocycles. The van der Waals surface area contributed by atoms with E-state index in [9.17, 15) is 19.1 Å². The number of primary amides is 1. The van der Waals surface area contributed by atoms with Crippen LogP contribution in [0.1, 0.15) is 42.7 Å². The highest BCUT2D eigenvalue weighted by molar-refractivity contribution is 7.53. The Morgan fingerprint density at radius 3 is 2.39 bits per heavy atom. The third-order valence-electron chi connectivity index (χ3n) is 3.28. The minimum Gasteiger partial charge on any atom is -0.364 e. The Hall–Kier alpha value is -1.23.